The number of rotatable bonds is 1. The summed E-state index contributed by atoms with van der Waals surface area (Å²) in [6.45, 7) is 6.42. The fraction of sp³-hybridized carbons (Fsp3) is 0.562. The molecule has 22 heavy (non-hydrogen) atoms. The highest BCUT2D eigenvalue weighted by Crippen LogP contribution is 2.38. The first kappa shape index (κ1) is 17.6. The van der Waals surface area contributed by atoms with E-state index in [-0.39, 0.29) is 6.09 Å². The molecule has 2 rings (SSSR count). The molecule has 1 saturated heterocycles. The largest absolute Gasteiger partial charge is 0.444 e. The number of aliphatic hydroxyl groups is 1. The molecule has 0 unspecified atom stereocenters. The lowest BCUT2D eigenvalue weighted by atomic mass is 9.84. The number of halogens is 2. The van der Waals surface area contributed by atoms with E-state index in [2.05, 4.69) is 15.9 Å². The van der Waals surface area contributed by atoms with Crippen molar-refractivity contribution in [1.82, 2.24) is 4.90 Å². The third-order valence-electron chi connectivity index (χ3n) is 3.67. The average Bonchev–Trinajstić information content (AvgIpc) is 2.40. The predicted molar refractivity (Wildman–Crippen MR) is 90.1 cm³/mol. The Morgan fingerprint density at radius 1 is 1.36 bits per heavy atom. The van der Waals surface area contributed by atoms with E-state index in [0.717, 1.165) is 10.0 Å². The molecule has 0 saturated carbocycles. The van der Waals surface area contributed by atoms with Gasteiger partial charge < -0.3 is 14.7 Å². The average molecular weight is 391 g/mol. The van der Waals surface area contributed by atoms with E-state index in [0.29, 0.717) is 31.0 Å². The van der Waals surface area contributed by atoms with Gasteiger partial charge in [-0.25, -0.2) is 4.79 Å². The third-order valence-corrected chi connectivity index (χ3v) is 4.60. The summed E-state index contributed by atoms with van der Waals surface area (Å²) in [6.07, 6.45) is 0.566. The van der Waals surface area contributed by atoms with Crippen molar-refractivity contribution in [3.05, 3.63) is 33.3 Å². The van der Waals surface area contributed by atoms with Crippen molar-refractivity contribution >= 4 is 33.6 Å². The van der Waals surface area contributed by atoms with Gasteiger partial charge in [-0.3, -0.25) is 0 Å². The van der Waals surface area contributed by atoms with E-state index in [1.165, 1.54) is 0 Å². The van der Waals surface area contributed by atoms with Crippen LogP contribution >= 0.6 is 27.5 Å². The Bertz CT molecular complexity index is 563. The van der Waals surface area contributed by atoms with Crippen molar-refractivity contribution in [3.8, 4) is 0 Å². The minimum atomic E-state index is -0.984. The third kappa shape index (κ3) is 4.15. The van der Waals surface area contributed by atoms with Gasteiger partial charge in [-0.05, 0) is 57.4 Å². The number of carbonyl (C=O) groups is 1. The Morgan fingerprint density at radius 3 is 2.50 bits per heavy atom. The molecule has 1 amide bonds. The molecule has 1 heterocycles. The molecule has 0 atom stereocenters. The van der Waals surface area contributed by atoms with Crippen molar-refractivity contribution in [3.63, 3.8) is 0 Å². The van der Waals surface area contributed by atoms with E-state index >= 15 is 0 Å². The number of nitrogens with zero attached hydrogens (tertiary/aromatic N) is 1. The highest BCUT2D eigenvalue weighted by molar-refractivity contribution is 9.10. The van der Waals surface area contributed by atoms with Crippen LogP contribution in [-0.4, -0.2) is 34.8 Å². The summed E-state index contributed by atoms with van der Waals surface area (Å²) in [5.74, 6) is 0. The number of benzene rings is 1. The maximum atomic E-state index is 12.1. The first-order valence-corrected chi connectivity index (χ1v) is 8.44. The van der Waals surface area contributed by atoms with E-state index in [1.807, 2.05) is 26.8 Å². The second-order valence-corrected chi connectivity index (χ2v) is 7.91. The smallest absolute Gasteiger partial charge is 0.410 e. The van der Waals surface area contributed by atoms with Gasteiger partial charge in [-0.1, -0.05) is 27.5 Å². The zero-order valence-electron chi connectivity index (χ0n) is 13.0. The van der Waals surface area contributed by atoms with Crippen LogP contribution in [0.15, 0.2) is 22.7 Å². The Labute approximate surface area is 144 Å². The quantitative estimate of drug-likeness (QED) is 0.777. The number of carbonyl (C=O) groups excluding carboxylic acids is 1. The Hall–Kier alpha value is -0.780. The predicted octanol–water partition coefficient (Wildman–Crippen LogP) is 4.32. The normalized spacial score (nSPS) is 18.2. The minimum absolute atomic E-state index is 0.334. The van der Waals surface area contributed by atoms with Crippen LogP contribution in [-0.2, 0) is 10.3 Å². The summed E-state index contributed by atoms with van der Waals surface area (Å²) in [5, 5.41) is 11.5. The van der Waals surface area contributed by atoms with Crippen LogP contribution in [0.1, 0.15) is 39.2 Å². The fourth-order valence-corrected chi connectivity index (χ4v) is 3.30. The van der Waals surface area contributed by atoms with Crippen LogP contribution in [0, 0.1) is 0 Å². The summed E-state index contributed by atoms with van der Waals surface area (Å²) in [7, 11) is 0. The molecular weight excluding hydrogens is 370 g/mol. The summed E-state index contributed by atoms with van der Waals surface area (Å²) in [5.41, 5.74) is -0.730. The van der Waals surface area contributed by atoms with Gasteiger partial charge in [-0.15, -0.1) is 0 Å². The first-order valence-electron chi connectivity index (χ1n) is 7.27. The van der Waals surface area contributed by atoms with Gasteiger partial charge in [0, 0.05) is 22.6 Å². The SMILES string of the molecule is CC(C)(C)OC(=O)N1CCC(O)(c2cc(Cl)ccc2Br)CC1. The fourth-order valence-electron chi connectivity index (χ4n) is 2.51. The van der Waals surface area contributed by atoms with Crippen LogP contribution in [0.5, 0.6) is 0 Å². The Morgan fingerprint density at radius 2 is 1.95 bits per heavy atom. The van der Waals surface area contributed by atoms with Gasteiger partial charge in [-0.2, -0.15) is 0 Å². The standard InChI is InChI=1S/C16H21BrClNO3/c1-15(2,3)22-14(20)19-8-6-16(21,7-9-19)12-10-11(18)4-5-13(12)17/h4-5,10,21H,6-9H2,1-3H3. The highest BCUT2D eigenvalue weighted by Gasteiger charge is 2.37. The number of hydrogen-bond acceptors (Lipinski definition) is 3. The molecule has 1 aliphatic heterocycles. The van der Waals surface area contributed by atoms with Crippen molar-refractivity contribution < 1.29 is 14.6 Å². The van der Waals surface area contributed by atoms with E-state index in [4.69, 9.17) is 16.3 Å². The van der Waals surface area contributed by atoms with Gasteiger partial charge in [0.05, 0.1) is 5.60 Å². The van der Waals surface area contributed by atoms with E-state index in [9.17, 15) is 9.90 Å². The molecule has 0 aromatic heterocycles. The molecule has 1 N–H and O–H groups in total. The molecule has 0 radical (unpaired) electrons. The zero-order chi connectivity index (χ0) is 16.5. The van der Waals surface area contributed by atoms with Crippen molar-refractivity contribution in [2.24, 2.45) is 0 Å². The summed E-state index contributed by atoms with van der Waals surface area (Å²) in [4.78, 5) is 13.7. The van der Waals surface area contributed by atoms with Crippen LogP contribution < -0.4 is 0 Å². The van der Waals surface area contributed by atoms with Gasteiger partial charge in [0.15, 0.2) is 0 Å². The van der Waals surface area contributed by atoms with Gasteiger partial charge >= 0.3 is 6.09 Å². The molecular formula is C16H21BrClNO3. The molecule has 1 fully saturated rings. The van der Waals surface area contributed by atoms with Gasteiger partial charge in [0.1, 0.15) is 5.60 Å². The van der Waals surface area contributed by atoms with Crippen LogP contribution in [0.25, 0.3) is 0 Å². The lowest BCUT2D eigenvalue weighted by molar-refractivity contribution is -0.0360. The van der Waals surface area contributed by atoms with Gasteiger partial charge in [0.25, 0.3) is 0 Å². The maximum Gasteiger partial charge on any atom is 0.410 e. The second-order valence-electron chi connectivity index (χ2n) is 6.62. The molecule has 0 bridgehead atoms. The molecule has 6 heteroatoms. The monoisotopic (exact) mass is 389 g/mol. The maximum absolute atomic E-state index is 12.1. The van der Waals surface area contributed by atoms with E-state index < -0.39 is 11.2 Å². The number of piperidine rings is 1. The molecule has 0 spiro atoms. The number of ether oxygens (including phenoxy) is 1. The number of likely N-dealkylation sites (tertiary alicyclic amines) is 1. The summed E-state index contributed by atoms with van der Waals surface area (Å²) in [6, 6.07) is 5.37. The number of amides is 1. The summed E-state index contributed by atoms with van der Waals surface area (Å²) < 4.78 is 6.19. The minimum Gasteiger partial charge on any atom is -0.444 e. The highest BCUT2D eigenvalue weighted by atomic mass is 79.9. The van der Waals surface area contributed by atoms with E-state index in [1.54, 1.807) is 17.0 Å². The zero-order valence-corrected chi connectivity index (χ0v) is 15.4. The van der Waals surface area contributed by atoms with Crippen molar-refractivity contribution in [2.75, 3.05) is 13.1 Å². The second kappa shape index (κ2) is 6.38. The van der Waals surface area contributed by atoms with Crippen molar-refractivity contribution in [1.29, 1.82) is 0 Å². The topological polar surface area (TPSA) is 49.8 Å². The van der Waals surface area contributed by atoms with Crippen LogP contribution in [0.4, 0.5) is 4.79 Å². The van der Waals surface area contributed by atoms with Crippen LogP contribution in [0.3, 0.4) is 0 Å². The first-order chi connectivity index (χ1) is 10.1. The lowest BCUT2D eigenvalue weighted by Gasteiger charge is -2.39. The molecule has 0 aliphatic carbocycles. The Balaban J connectivity index is 2.07. The molecule has 1 aliphatic rings. The molecule has 4 nitrogen and oxygen atoms in total. The molecule has 122 valence electrons. The molecule has 1 aromatic carbocycles. The Kier molecular flexibility index (Phi) is 5.09. The van der Waals surface area contributed by atoms with Crippen molar-refractivity contribution in [2.45, 2.75) is 44.8 Å². The number of hydrogen-bond donors (Lipinski definition) is 1. The molecule has 1 aromatic rings. The summed E-state index contributed by atoms with van der Waals surface area (Å²) >= 11 is 9.49. The lowest BCUT2D eigenvalue weighted by Crippen LogP contribution is -2.46. The van der Waals surface area contributed by atoms with Crippen LogP contribution in [0.2, 0.25) is 5.02 Å². The van der Waals surface area contributed by atoms with Gasteiger partial charge in [0.2, 0.25) is 0 Å².